The van der Waals surface area contributed by atoms with Gasteiger partial charge >= 0.3 is 0 Å². The Morgan fingerprint density at radius 2 is 2.04 bits per heavy atom. The van der Waals surface area contributed by atoms with E-state index < -0.39 is 0 Å². The summed E-state index contributed by atoms with van der Waals surface area (Å²) in [7, 11) is 0. The zero-order chi connectivity index (χ0) is 17.9. The van der Waals surface area contributed by atoms with Crippen molar-refractivity contribution in [2.24, 2.45) is 0 Å². The first-order valence-corrected chi connectivity index (χ1v) is 8.08. The lowest BCUT2D eigenvalue weighted by atomic mass is 10.1. The smallest absolute Gasteiger partial charge is 0.224 e. The molecule has 1 amide bonds. The zero-order valence-corrected chi connectivity index (χ0v) is 13.7. The quantitative estimate of drug-likeness (QED) is 0.600. The van der Waals surface area contributed by atoms with Crippen LogP contribution >= 0.6 is 0 Å². The number of hydrogen-bond donors (Lipinski definition) is 1. The van der Waals surface area contributed by atoms with Crippen molar-refractivity contribution in [3.05, 3.63) is 78.2 Å². The highest BCUT2D eigenvalue weighted by molar-refractivity contribution is 5.78. The van der Waals surface area contributed by atoms with Crippen LogP contribution < -0.4 is 5.32 Å². The molecular formula is C19H15FN4O2. The highest BCUT2D eigenvalue weighted by Gasteiger charge is 2.09. The number of rotatable bonds is 5. The summed E-state index contributed by atoms with van der Waals surface area (Å²) in [6.07, 6.45) is 3.81. The Balaban J connectivity index is 1.36. The Bertz CT molecular complexity index is 1040. The van der Waals surface area contributed by atoms with Crippen LogP contribution in [0.2, 0.25) is 0 Å². The summed E-state index contributed by atoms with van der Waals surface area (Å²) in [4.78, 5) is 16.3. The Kier molecular flexibility index (Phi) is 4.18. The van der Waals surface area contributed by atoms with E-state index in [1.54, 1.807) is 10.9 Å². The van der Waals surface area contributed by atoms with Crippen molar-refractivity contribution in [1.82, 2.24) is 20.1 Å². The molecule has 0 radical (unpaired) electrons. The molecule has 0 atom stereocenters. The molecule has 130 valence electrons. The van der Waals surface area contributed by atoms with Gasteiger partial charge in [-0.1, -0.05) is 12.1 Å². The first-order chi connectivity index (χ1) is 12.7. The van der Waals surface area contributed by atoms with Crippen molar-refractivity contribution < 1.29 is 13.6 Å². The molecule has 0 saturated heterocycles. The molecule has 0 saturated carbocycles. The van der Waals surface area contributed by atoms with Crippen LogP contribution in [0, 0.1) is 5.82 Å². The fourth-order valence-corrected chi connectivity index (χ4v) is 2.63. The molecule has 4 rings (SSSR count). The third-order valence-electron chi connectivity index (χ3n) is 3.90. The second kappa shape index (κ2) is 6.79. The number of hydrogen-bond acceptors (Lipinski definition) is 4. The summed E-state index contributed by atoms with van der Waals surface area (Å²) in [6.45, 7) is 0.153. The van der Waals surface area contributed by atoms with E-state index in [0.29, 0.717) is 17.0 Å². The number of amides is 1. The predicted octanol–water partition coefficient (Wildman–Crippen LogP) is 3.01. The molecule has 7 heteroatoms. The van der Waals surface area contributed by atoms with E-state index in [1.807, 2.05) is 36.5 Å². The number of oxazole rings is 1. The van der Waals surface area contributed by atoms with E-state index in [1.165, 1.54) is 18.2 Å². The van der Waals surface area contributed by atoms with Gasteiger partial charge in [-0.3, -0.25) is 4.79 Å². The highest BCUT2D eigenvalue weighted by atomic mass is 19.1. The number of carbonyl (C=O) groups is 1. The van der Waals surface area contributed by atoms with Crippen molar-refractivity contribution in [2.75, 3.05) is 0 Å². The van der Waals surface area contributed by atoms with Crippen LogP contribution in [-0.2, 0) is 17.8 Å². The Morgan fingerprint density at radius 3 is 2.81 bits per heavy atom. The van der Waals surface area contributed by atoms with E-state index >= 15 is 0 Å². The number of halogens is 1. The van der Waals surface area contributed by atoms with E-state index in [0.717, 1.165) is 11.3 Å². The minimum Gasteiger partial charge on any atom is -0.439 e. The molecule has 0 fully saturated rings. The minimum atomic E-state index is -0.375. The maximum absolute atomic E-state index is 13.2. The first kappa shape index (κ1) is 16.0. The third kappa shape index (κ3) is 3.46. The number of nitrogens with one attached hydrogen (secondary N) is 1. The van der Waals surface area contributed by atoms with Gasteiger partial charge in [0.15, 0.2) is 5.58 Å². The van der Waals surface area contributed by atoms with Gasteiger partial charge in [-0.25, -0.2) is 14.1 Å². The molecule has 26 heavy (non-hydrogen) atoms. The van der Waals surface area contributed by atoms with E-state index in [2.05, 4.69) is 15.4 Å². The number of benzene rings is 2. The molecular weight excluding hydrogens is 335 g/mol. The topological polar surface area (TPSA) is 73.0 Å². The standard InChI is InChI=1S/C19H15FN4O2/c20-14-4-7-17-16(11-14)23-19(26-17)12-21-18(25)10-13-2-5-15(6-3-13)24-9-1-8-22-24/h1-9,11H,10,12H2,(H,21,25). The summed E-state index contributed by atoms with van der Waals surface area (Å²) in [5.41, 5.74) is 2.74. The van der Waals surface area contributed by atoms with Gasteiger partial charge in [0.1, 0.15) is 11.3 Å². The number of fused-ring (bicyclic) bond motifs is 1. The molecule has 0 aliphatic rings. The van der Waals surface area contributed by atoms with Crippen molar-refractivity contribution in [3.8, 4) is 5.69 Å². The fraction of sp³-hybridized carbons (Fsp3) is 0.105. The average molecular weight is 350 g/mol. The summed E-state index contributed by atoms with van der Waals surface area (Å²) in [6, 6.07) is 13.6. The lowest BCUT2D eigenvalue weighted by Gasteiger charge is -2.05. The first-order valence-electron chi connectivity index (χ1n) is 8.08. The van der Waals surface area contributed by atoms with Gasteiger partial charge in [0, 0.05) is 18.5 Å². The maximum atomic E-state index is 13.2. The summed E-state index contributed by atoms with van der Waals surface area (Å²) in [5, 5.41) is 6.92. The fourth-order valence-electron chi connectivity index (χ4n) is 2.63. The molecule has 1 N–H and O–H groups in total. The molecule has 0 spiro atoms. The van der Waals surface area contributed by atoms with Gasteiger partial charge in [-0.15, -0.1) is 0 Å². The lowest BCUT2D eigenvalue weighted by molar-refractivity contribution is -0.120. The van der Waals surface area contributed by atoms with Crippen molar-refractivity contribution in [1.29, 1.82) is 0 Å². The number of aromatic nitrogens is 3. The number of carbonyl (C=O) groups excluding carboxylic acids is 1. The van der Waals surface area contributed by atoms with Crippen LogP contribution in [0.3, 0.4) is 0 Å². The monoisotopic (exact) mass is 350 g/mol. The second-order valence-corrected chi connectivity index (χ2v) is 5.79. The Hall–Kier alpha value is -3.48. The molecule has 4 aromatic rings. The minimum absolute atomic E-state index is 0.148. The lowest BCUT2D eigenvalue weighted by Crippen LogP contribution is -2.24. The summed E-state index contributed by atoms with van der Waals surface area (Å²) < 4.78 is 20.4. The van der Waals surface area contributed by atoms with Gasteiger partial charge in [0.25, 0.3) is 0 Å². The largest absolute Gasteiger partial charge is 0.439 e. The van der Waals surface area contributed by atoms with Crippen LogP contribution in [0.5, 0.6) is 0 Å². The molecule has 0 aliphatic carbocycles. The molecule has 0 bridgehead atoms. The average Bonchev–Trinajstić information content (AvgIpc) is 3.30. The molecule has 0 unspecified atom stereocenters. The maximum Gasteiger partial charge on any atom is 0.224 e. The Morgan fingerprint density at radius 1 is 1.19 bits per heavy atom. The van der Waals surface area contributed by atoms with E-state index in [4.69, 9.17) is 4.42 Å². The van der Waals surface area contributed by atoms with Crippen LogP contribution in [-0.4, -0.2) is 20.7 Å². The van der Waals surface area contributed by atoms with Crippen LogP contribution in [0.4, 0.5) is 4.39 Å². The van der Waals surface area contributed by atoms with Gasteiger partial charge < -0.3 is 9.73 Å². The molecule has 0 aliphatic heterocycles. The molecule has 2 heterocycles. The summed E-state index contributed by atoms with van der Waals surface area (Å²) >= 11 is 0. The van der Waals surface area contributed by atoms with Gasteiger partial charge in [-0.05, 0) is 35.9 Å². The SMILES string of the molecule is O=C(Cc1ccc(-n2cccn2)cc1)NCc1nc2cc(F)ccc2o1. The van der Waals surface area contributed by atoms with Crippen molar-refractivity contribution in [3.63, 3.8) is 0 Å². The van der Waals surface area contributed by atoms with Gasteiger partial charge in [-0.2, -0.15) is 5.10 Å². The van der Waals surface area contributed by atoms with E-state index in [-0.39, 0.29) is 24.7 Å². The summed E-state index contributed by atoms with van der Waals surface area (Å²) in [5.74, 6) is -0.182. The highest BCUT2D eigenvalue weighted by Crippen LogP contribution is 2.16. The van der Waals surface area contributed by atoms with Crippen LogP contribution in [0.1, 0.15) is 11.5 Å². The number of nitrogens with zero attached hydrogens (tertiary/aromatic N) is 3. The van der Waals surface area contributed by atoms with Crippen molar-refractivity contribution in [2.45, 2.75) is 13.0 Å². The molecule has 2 aromatic carbocycles. The van der Waals surface area contributed by atoms with Gasteiger partial charge in [0.2, 0.25) is 11.8 Å². The van der Waals surface area contributed by atoms with Crippen LogP contribution in [0.25, 0.3) is 16.8 Å². The second-order valence-electron chi connectivity index (χ2n) is 5.79. The van der Waals surface area contributed by atoms with Crippen molar-refractivity contribution >= 4 is 17.0 Å². The third-order valence-corrected chi connectivity index (χ3v) is 3.90. The van der Waals surface area contributed by atoms with E-state index in [9.17, 15) is 9.18 Å². The Labute approximate surface area is 148 Å². The molecule has 6 nitrogen and oxygen atoms in total. The molecule has 2 aromatic heterocycles. The predicted molar refractivity (Wildman–Crippen MR) is 93.1 cm³/mol. The zero-order valence-electron chi connectivity index (χ0n) is 13.7. The van der Waals surface area contributed by atoms with Crippen LogP contribution in [0.15, 0.2) is 65.3 Å². The van der Waals surface area contributed by atoms with Gasteiger partial charge in [0.05, 0.1) is 18.7 Å². The normalized spacial score (nSPS) is 11.0.